The largest absolute Gasteiger partial charge is 0.503 e. The lowest BCUT2D eigenvalue weighted by Gasteiger charge is -2.22. The fourth-order valence-corrected chi connectivity index (χ4v) is 5.98. The van der Waals surface area contributed by atoms with Crippen LogP contribution in [0.15, 0.2) is 81.8 Å². The molecule has 1 amide bonds. The zero-order valence-corrected chi connectivity index (χ0v) is 19.3. The molecule has 1 aliphatic heterocycles. The first kappa shape index (κ1) is 21.3. The number of carbonyl (C=O) groups excluding carboxylic acids is 2. The number of aliphatic hydroxyl groups excluding tert-OH is 1. The van der Waals surface area contributed by atoms with E-state index in [0.29, 0.717) is 20.7 Å². The molecule has 8 nitrogen and oxygen atoms in total. The first-order valence-corrected chi connectivity index (χ1v) is 12.1. The number of para-hydroxylation sites is 1. The number of hydrogen-bond acceptors (Lipinski definition) is 8. The Kier molecular flexibility index (Phi) is 4.80. The molecule has 0 fully saturated rings. The first-order valence-electron chi connectivity index (χ1n) is 10.4. The van der Waals surface area contributed by atoms with Crippen LogP contribution in [0.2, 0.25) is 0 Å². The number of amides is 1. The number of ketones is 1. The Morgan fingerprint density at radius 1 is 1.06 bits per heavy atom. The summed E-state index contributed by atoms with van der Waals surface area (Å²) in [7, 11) is 0. The van der Waals surface area contributed by atoms with E-state index in [1.54, 1.807) is 42.5 Å². The van der Waals surface area contributed by atoms with Crippen LogP contribution < -0.4 is 4.90 Å². The second-order valence-electron chi connectivity index (χ2n) is 7.82. The van der Waals surface area contributed by atoms with E-state index in [2.05, 4.69) is 4.98 Å². The van der Waals surface area contributed by atoms with Crippen molar-refractivity contribution in [1.29, 1.82) is 0 Å². The van der Waals surface area contributed by atoms with E-state index in [9.17, 15) is 24.6 Å². The van der Waals surface area contributed by atoms with Crippen molar-refractivity contribution in [2.24, 2.45) is 0 Å². The molecule has 0 aliphatic carbocycles. The first-order chi connectivity index (χ1) is 16.9. The van der Waals surface area contributed by atoms with Gasteiger partial charge in [0.1, 0.15) is 11.6 Å². The maximum atomic E-state index is 13.6. The molecule has 6 rings (SSSR count). The molecule has 0 bridgehead atoms. The van der Waals surface area contributed by atoms with Crippen LogP contribution in [0.4, 0.5) is 5.13 Å². The van der Waals surface area contributed by atoms with Crippen molar-refractivity contribution in [2.45, 2.75) is 6.04 Å². The SMILES string of the molecule is O=C(O)c1ccc2nc(N3C(=O)C(O)=C(C(=O)c4cc5ccccc5o4)C3c3cccs3)sc2c1. The van der Waals surface area contributed by atoms with Gasteiger partial charge >= 0.3 is 5.97 Å². The van der Waals surface area contributed by atoms with Crippen LogP contribution in [0, 0.1) is 0 Å². The number of carbonyl (C=O) groups is 3. The minimum Gasteiger partial charge on any atom is -0.503 e. The number of furan rings is 1. The Morgan fingerprint density at radius 3 is 2.63 bits per heavy atom. The van der Waals surface area contributed by atoms with E-state index >= 15 is 0 Å². The summed E-state index contributed by atoms with van der Waals surface area (Å²) >= 11 is 2.44. The maximum absolute atomic E-state index is 13.6. The fourth-order valence-electron chi connectivity index (χ4n) is 4.13. The number of hydrogen-bond donors (Lipinski definition) is 2. The molecular formula is C25H14N2O6S2. The number of aromatic nitrogens is 1. The van der Waals surface area contributed by atoms with Crippen molar-refractivity contribution in [2.75, 3.05) is 4.90 Å². The Balaban J connectivity index is 1.48. The maximum Gasteiger partial charge on any atom is 0.335 e. The van der Waals surface area contributed by atoms with Gasteiger partial charge in [0, 0.05) is 10.3 Å². The number of nitrogens with zero attached hydrogens (tertiary/aromatic N) is 2. The summed E-state index contributed by atoms with van der Waals surface area (Å²) in [5.74, 6) is -3.09. The van der Waals surface area contributed by atoms with Crippen LogP contribution in [0.5, 0.6) is 0 Å². The highest BCUT2D eigenvalue weighted by Gasteiger charge is 2.47. The number of aromatic carboxylic acids is 1. The molecule has 35 heavy (non-hydrogen) atoms. The average Bonchev–Trinajstić information content (AvgIpc) is 3.63. The average molecular weight is 503 g/mol. The zero-order chi connectivity index (χ0) is 24.3. The molecular weight excluding hydrogens is 488 g/mol. The number of aliphatic hydroxyl groups is 1. The molecule has 10 heteroatoms. The molecule has 0 radical (unpaired) electrons. The number of thiophene rings is 1. The lowest BCUT2D eigenvalue weighted by atomic mass is 10.0. The molecule has 3 aromatic heterocycles. The van der Waals surface area contributed by atoms with Crippen molar-refractivity contribution in [3.8, 4) is 0 Å². The highest BCUT2D eigenvalue weighted by atomic mass is 32.1. The number of benzene rings is 2. The second-order valence-corrected chi connectivity index (χ2v) is 9.81. The Hall–Kier alpha value is -4.28. The summed E-state index contributed by atoms with van der Waals surface area (Å²) in [6.07, 6.45) is 0. The summed E-state index contributed by atoms with van der Waals surface area (Å²) in [6, 6.07) is 15.9. The molecule has 4 heterocycles. The summed E-state index contributed by atoms with van der Waals surface area (Å²) < 4.78 is 6.29. The predicted molar refractivity (Wildman–Crippen MR) is 131 cm³/mol. The Bertz CT molecular complexity index is 1660. The van der Waals surface area contributed by atoms with Crippen LogP contribution >= 0.6 is 22.7 Å². The number of anilines is 1. The number of fused-ring (bicyclic) bond motifs is 2. The quantitative estimate of drug-likeness (QED) is 0.301. The highest BCUT2D eigenvalue weighted by molar-refractivity contribution is 7.22. The van der Waals surface area contributed by atoms with E-state index < -0.39 is 29.5 Å². The predicted octanol–water partition coefficient (Wildman–Crippen LogP) is 5.59. The molecule has 5 aromatic rings. The van der Waals surface area contributed by atoms with Crippen LogP contribution in [-0.2, 0) is 4.79 Å². The molecule has 2 aromatic carbocycles. The van der Waals surface area contributed by atoms with Crippen molar-refractivity contribution in [1.82, 2.24) is 4.98 Å². The molecule has 0 spiro atoms. The number of carboxylic acid groups (broad SMARTS) is 1. The van der Waals surface area contributed by atoms with E-state index in [1.165, 1.54) is 28.4 Å². The summed E-state index contributed by atoms with van der Waals surface area (Å²) in [6.45, 7) is 0. The lowest BCUT2D eigenvalue weighted by molar-refractivity contribution is -0.117. The highest BCUT2D eigenvalue weighted by Crippen LogP contribution is 2.45. The lowest BCUT2D eigenvalue weighted by Crippen LogP contribution is -2.30. The molecule has 0 saturated heterocycles. The van der Waals surface area contributed by atoms with Gasteiger partial charge in [-0.05, 0) is 41.8 Å². The monoisotopic (exact) mass is 502 g/mol. The number of carboxylic acids is 1. The number of thiazole rings is 1. The van der Waals surface area contributed by atoms with Gasteiger partial charge < -0.3 is 14.6 Å². The van der Waals surface area contributed by atoms with Gasteiger partial charge in [-0.1, -0.05) is 35.6 Å². The van der Waals surface area contributed by atoms with E-state index in [1.807, 2.05) is 11.4 Å². The van der Waals surface area contributed by atoms with Crippen molar-refractivity contribution >= 4 is 66.7 Å². The molecule has 0 saturated carbocycles. The van der Waals surface area contributed by atoms with E-state index in [4.69, 9.17) is 4.42 Å². The van der Waals surface area contributed by atoms with Gasteiger partial charge in [0.15, 0.2) is 16.7 Å². The summed E-state index contributed by atoms with van der Waals surface area (Å²) in [5, 5.41) is 23.0. The van der Waals surface area contributed by atoms with E-state index in [0.717, 1.165) is 16.7 Å². The molecule has 172 valence electrons. The number of rotatable bonds is 5. The van der Waals surface area contributed by atoms with Gasteiger partial charge in [0.2, 0.25) is 5.78 Å². The normalized spacial score (nSPS) is 16.1. The minimum absolute atomic E-state index is 0.0133. The van der Waals surface area contributed by atoms with Gasteiger partial charge in [0.05, 0.1) is 21.4 Å². The standard InChI is InChI=1S/C25H14N2O6S2/c28-21(16-10-12-4-1-2-5-15(12)33-16)19-20(17-6-3-9-34-17)27(23(30)22(19)29)25-26-14-8-7-13(24(31)32)11-18(14)35-25/h1-11,20,29H,(H,31,32). The molecule has 1 atom stereocenters. The van der Waals surface area contributed by atoms with Crippen LogP contribution in [0.3, 0.4) is 0 Å². The van der Waals surface area contributed by atoms with Crippen molar-refractivity contribution in [3.63, 3.8) is 0 Å². The van der Waals surface area contributed by atoms with Crippen molar-refractivity contribution in [3.05, 3.63) is 93.6 Å². The summed E-state index contributed by atoms with van der Waals surface area (Å²) in [4.78, 5) is 44.7. The van der Waals surface area contributed by atoms with Crippen molar-refractivity contribution < 1.29 is 29.0 Å². The van der Waals surface area contributed by atoms with Gasteiger partial charge in [0.25, 0.3) is 5.91 Å². The van der Waals surface area contributed by atoms with Crippen LogP contribution in [0.1, 0.15) is 31.8 Å². The second kappa shape index (κ2) is 7.90. The van der Waals surface area contributed by atoms with Gasteiger partial charge in [-0.2, -0.15) is 0 Å². The third kappa shape index (κ3) is 3.34. The van der Waals surface area contributed by atoms with E-state index in [-0.39, 0.29) is 22.0 Å². The molecule has 1 aliphatic rings. The minimum atomic E-state index is -1.08. The zero-order valence-electron chi connectivity index (χ0n) is 17.7. The molecule has 1 unspecified atom stereocenters. The van der Waals surface area contributed by atoms with Gasteiger partial charge in [-0.3, -0.25) is 14.5 Å². The van der Waals surface area contributed by atoms with Crippen LogP contribution in [-0.4, -0.2) is 32.9 Å². The van der Waals surface area contributed by atoms with Gasteiger partial charge in [-0.15, -0.1) is 11.3 Å². The Morgan fingerprint density at radius 2 is 1.89 bits per heavy atom. The third-order valence-electron chi connectivity index (χ3n) is 5.74. The third-order valence-corrected chi connectivity index (χ3v) is 7.69. The molecule has 2 N–H and O–H groups in total. The topological polar surface area (TPSA) is 121 Å². The summed E-state index contributed by atoms with van der Waals surface area (Å²) in [5.41, 5.74) is 1.02. The number of Topliss-reactive ketones (excluding diaryl/α,β-unsaturated/α-hetero) is 1. The van der Waals surface area contributed by atoms with Gasteiger partial charge in [-0.25, -0.2) is 9.78 Å². The fraction of sp³-hybridized carbons (Fsp3) is 0.0400. The van der Waals surface area contributed by atoms with Crippen LogP contribution in [0.25, 0.3) is 21.2 Å². The smallest absolute Gasteiger partial charge is 0.335 e. The Labute approximate surface area is 205 Å².